The Morgan fingerprint density at radius 1 is 1.17 bits per heavy atom. The van der Waals surface area contributed by atoms with Crippen molar-refractivity contribution in [3.8, 4) is 0 Å². The van der Waals surface area contributed by atoms with Crippen LogP contribution in [0.15, 0.2) is 36.4 Å². The van der Waals surface area contributed by atoms with Crippen molar-refractivity contribution >= 4 is 29.4 Å². The summed E-state index contributed by atoms with van der Waals surface area (Å²) in [4.78, 5) is 37.9. The zero-order chi connectivity index (χ0) is 21.3. The summed E-state index contributed by atoms with van der Waals surface area (Å²) in [5.41, 5.74) is 4.58. The molecule has 2 aromatic rings. The fourth-order valence-electron chi connectivity index (χ4n) is 4.04. The summed E-state index contributed by atoms with van der Waals surface area (Å²) in [6.45, 7) is 4.52. The van der Waals surface area contributed by atoms with E-state index >= 15 is 0 Å². The number of carbonyl (C=O) groups is 3. The third-order valence-electron chi connectivity index (χ3n) is 5.75. The molecule has 0 spiro atoms. The van der Waals surface area contributed by atoms with Gasteiger partial charge < -0.3 is 14.2 Å². The molecule has 156 valence electrons. The van der Waals surface area contributed by atoms with Gasteiger partial charge in [0.15, 0.2) is 12.4 Å². The molecule has 6 nitrogen and oxygen atoms in total. The number of amides is 1. The molecule has 0 radical (unpaired) electrons. The van der Waals surface area contributed by atoms with Gasteiger partial charge in [0.2, 0.25) is 5.91 Å². The number of benzene rings is 1. The van der Waals surface area contributed by atoms with Crippen LogP contribution in [-0.2, 0) is 14.3 Å². The number of aromatic nitrogens is 1. The molecule has 1 amide bonds. The molecule has 1 aromatic carbocycles. The lowest BCUT2D eigenvalue weighted by Crippen LogP contribution is -2.23. The van der Waals surface area contributed by atoms with Gasteiger partial charge in [0.05, 0.1) is 0 Å². The minimum Gasteiger partial charge on any atom is -0.454 e. The standard InChI is InChI=1S/C24H26N2O4/c1-16-14-19(17(2)26(16)21-10-11-21)7-12-24(29)30-15-22(27)18-5-8-20(9-6-18)25-13-3-4-23(25)28/h5-9,12,14,21H,3-4,10-11,13,15H2,1-2H3/b12-7+. The molecular weight excluding hydrogens is 380 g/mol. The number of carbonyl (C=O) groups excluding carboxylic acids is 3. The highest BCUT2D eigenvalue weighted by Gasteiger charge is 2.26. The summed E-state index contributed by atoms with van der Waals surface area (Å²) in [6, 6.07) is 9.50. The van der Waals surface area contributed by atoms with Crippen LogP contribution in [0, 0.1) is 13.8 Å². The van der Waals surface area contributed by atoms with E-state index in [0.717, 1.165) is 23.4 Å². The Morgan fingerprint density at radius 3 is 2.53 bits per heavy atom. The molecule has 1 saturated heterocycles. The summed E-state index contributed by atoms with van der Waals surface area (Å²) in [7, 11) is 0. The normalized spacial score (nSPS) is 16.5. The first-order valence-corrected chi connectivity index (χ1v) is 10.4. The predicted molar refractivity (Wildman–Crippen MR) is 115 cm³/mol. The molecule has 1 aromatic heterocycles. The molecule has 0 bridgehead atoms. The van der Waals surface area contributed by atoms with Crippen LogP contribution in [0.4, 0.5) is 5.69 Å². The van der Waals surface area contributed by atoms with E-state index < -0.39 is 5.97 Å². The molecule has 2 heterocycles. The van der Waals surface area contributed by atoms with Gasteiger partial charge in [-0.15, -0.1) is 0 Å². The van der Waals surface area contributed by atoms with Gasteiger partial charge in [0, 0.05) is 47.7 Å². The second-order valence-corrected chi connectivity index (χ2v) is 7.99. The molecule has 0 unspecified atom stereocenters. The van der Waals surface area contributed by atoms with Crippen LogP contribution >= 0.6 is 0 Å². The number of hydrogen-bond donors (Lipinski definition) is 0. The second kappa shape index (κ2) is 8.30. The fourth-order valence-corrected chi connectivity index (χ4v) is 4.04. The van der Waals surface area contributed by atoms with Gasteiger partial charge in [0.25, 0.3) is 0 Å². The Hall–Kier alpha value is -3.15. The molecule has 1 aliphatic carbocycles. The van der Waals surface area contributed by atoms with Crippen molar-refractivity contribution < 1.29 is 19.1 Å². The zero-order valence-corrected chi connectivity index (χ0v) is 17.4. The number of esters is 1. The minimum atomic E-state index is -0.543. The molecular formula is C24H26N2O4. The summed E-state index contributed by atoms with van der Waals surface area (Å²) >= 11 is 0. The number of Topliss-reactive ketones (excluding diaryl/α,β-unsaturated/α-hetero) is 1. The lowest BCUT2D eigenvalue weighted by molar-refractivity contribution is -0.136. The maximum atomic E-state index is 12.3. The molecule has 6 heteroatoms. The molecule has 4 rings (SSSR count). The highest BCUT2D eigenvalue weighted by Crippen LogP contribution is 2.38. The number of rotatable bonds is 7. The van der Waals surface area contributed by atoms with E-state index in [1.165, 1.54) is 24.6 Å². The van der Waals surface area contributed by atoms with E-state index in [0.29, 0.717) is 24.6 Å². The summed E-state index contributed by atoms with van der Waals surface area (Å²) in [5.74, 6) is -0.713. The average molecular weight is 406 g/mol. The Kier molecular flexibility index (Phi) is 5.57. The minimum absolute atomic E-state index is 0.104. The van der Waals surface area contributed by atoms with Gasteiger partial charge in [-0.25, -0.2) is 4.79 Å². The van der Waals surface area contributed by atoms with Crippen molar-refractivity contribution in [2.45, 2.75) is 45.6 Å². The lowest BCUT2D eigenvalue weighted by Gasteiger charge is -2.15. The Labute approximate surface area is 176 Å². The summed E-state index contributed by atoms with van der Waals surface area (Å²) in [6.07, 6.45) is 6.95. The lowest BCUT2D eigenvalue weighted by atomic mass is 10.1. The predicted octanol–water partition coefficient (Wildman–Crippen LogP) is 4.01. The Bertz CT molecular complexity index is 1010. The van der Waals surface area contributed by atoms with Crippen LogP contribution in [0.3, 0.4) is 0 Å². The zero-order valence-electron chi connectivity index (χ0n) is 17.4. The maximum Gasteiger partial charge on any atom is 0.331 e. The van der Waals surface area contributed by atoms with Gasteiger partial charge in [-0.3, -0.25) is 9.59 Å². The largest absolute Gasteiger partial charge is 0.454 e. The van der Waals surface area contributed by atoms with E-state index in [9.17, 15) is 14.4 Å². The van der Waals surface area contributed by atoms with E-state index in [-0.39, 0.29) is 18.3 Å². The highest BCUT2D eigenvalue weighted by molar-refractivity contribution is 6.00. The van der Waals surface area contributed by atoms with Crippen molar-refractivity contribution in [3.05, 3.63) is 58.9 Å². The van der Waals surface area contributed by atoms with Crippen LogP contribution < -0.4 is 4.90 Å². The van der Waals surface area contributed by atoms with Crippen molar-refractivity contribution in [1.29, 1.82) is 0 Å². The third-order valence-corrected chi connectivity index (χ3v) is 5.75. The molecule has 0 N–H and O–H groups in total. The van der Waals surface area contributed by atoms with Gasteiger partial charge in [-0.05, 0) is 75.1 Å². The maximum absolute atomic E-state index is 12.3. The topological polar surface area (TPSA) is 68.6 Å². The van der Waals surface area contributed by atoms with Gasteiger partial charge in [-0.1, -0.05) is 0 Å². The van der Waals surface area contributed by atoms with Crippen molar-refractivity contribution in [3.63, 3.8) is 0 Å². The number of ether oxygens (including phenoxy) is 1. The summed E-state index contributed by atoms with van der Waals surface area (Å²) in [5, 5.41) is 0. The second-order valence-electron chi connectivity index (χ2n) is 7.99. The van der Waals surface area contributed by atoms with E-state index in [2.05, 4.69) is 24.5 Å². The number of ketones is 1. The molecule has 0 atom stereocenters. The fraction of sp³-hybridized carbons (Fsp3) is 0.375. The Balaban J connectivity index is 1.31. The molecule has 2 aliphatic rings. The quantitative estimate of drug-likeness (QED) is 0.396. The molecule has 1 aliphatic heterocycles. The molecule has 30 heavy (non-hydrogen) atoms. The van der Waals surface area contributed by atoms with E-state index in [4.69, 9.17) is 4.74 Å². The number of nitrogens with zero attached hydrogens (tertiary/aromatic N) is 2. The smallest absolute Gasteiger partial charge is 0.331 e. The van der Waals surface area contributed by atoms with Crippen molar-refractivity contribution in [2.75, 3.05) is 18.1 Å². The van der Waals surface area contributed by atoms with Crippen LogP contribution in [-0.4, -0.2) is 35.4 Å². The third kappa shape index (κ3) is 4.22. The summed E-state index contributed by atoms with van der Waals surface area (Å²) < 4.78 is 7.43. The molecule has 1 saturated carbocycles. The van der Waals surface area contributed by atoms with Crippen molar-refractivity contribution in [1.82, 2.24) is 4.57 Å². The number of hydrogen-bond acceptors (Lipinski definition) is 4. The van der Waals surface area contributed by atoms with Gasteiger partial charge >= 0.3 is 5.97 Å². The molecule has 2 fully saturated rings. The van der Waals surface area contributed by atoms with E-state index in [1.54, 1.807) is 35.2 Å². The average Bonchev–Trinajstić information content (AvgIpc) is 3.41. The van der Waals surface area contributed by atoms with Crippen LogP contribution in [0.1, 0.15) is 59.0 Å². The van der Waals surface area contributed by atoms with Gasteiger partial charge in [0.1, 0.15) is 0 Å². The number of aryl methyl sites for hydroxylation is 1. The van der Waals surface area contributed by atoms with Gasteiger partial charge in [-0.2, -0.15) is 0 Å². The number of anilines is 1. The SMILES string of the molecule is Cc1cc(/C=C/C(=O)OCC(=O)c2ccc(N3CCCC3=O)cc2)c(C)n1C1CC1. The first kappa shape index (κ1) is 20.1. The first-order chi connectivity index (χ1) is 14.4. The Morgan fingerprint density at radius 2 is 1.90 bits per heavy atom. The highest BCUT2D eigenvalue weighted by atomic mass is 16.5. The first-order valence-electron chi connectivity index (χ1n) is 10.4. The van der Waals surface area contributed by atoms with Crippen LogP contribution in [0.25, 0.3) is 6.08 Å². The monoisotopic (exact) mass is 406 g/mol. The van der Waals surface area contributed by atoms with Crippen LogP contribution in [0.2, 0.25) is 0 Å². The van der Waals surface area contributed by atoms with E-state index in [1.807, 2.05) is 0 Å². The van der Waals surface area contributed by atoms with Crippen molar-refractivity contribution in [2.24, 2.45) is 0 Å². The van der Waals surface area contributed by atoms with Crippen LogP contribution in [0.5, 0.6) is 0 Å².